The lowest BCUT2D eigenvalue weighted by Crippen LogP contribution is -2.42. The van der Waals surface area contributed by atoms with E-state index >= 15 is 0 Å². The topological polar surface area (TPSA) is 124 Å². The summed E-state index contributed by atoms with van der Waals surface area (Å²) < 4.78 is 15.9. The van der Waals surface area contributed by atoms with E-state index in [1.807, 2.05) is 22.4 Å². The van der Waals surface area contributed by atoms with Gasteiger partial charge in [-0.15, -0.1) is 0 Å². The van der Waals surface area contributed by atoms with Gasteiger partial charge in [0.25, 0.3) is 0 Å². The van der Waals surface area contributed by atoms with Crippen LogP contribution < -0.4 is 15.4 Å². The molecule has 0 spiro atoms. The van der Waals surface area contributed by atoms with Crippen LogP contribution in [0.15, 0.2) is 36.7 Å². The first-order chi connectivity index (χ1) is 18.5. The van der Waals surface area contributed by atoms with Gasteiger partial charge in [0, 0.05) is 62.6 Å². The number of pyridine rings is 2. The van der Waals surface area contributed by atoms with Crippen molar-refractivity contribution in [1.29, 1.82) is 0 Å². The summed E-state index contributed by atoms with van der Waals surface area (Å²) in [6.45, 7) is 11.2. The number of carbonyl (C=O) groups is 1. The molecule has 1 fully saturated rings. The lowest BCUT2D eigenvalue weighted by molar-refractivity contribution is -0.114. The van der Waals surface area contributed by atoms with Gasteiger partial charge in [-0.2, -0.15) is 10.1 Å². The van der Waals surface area contributed by atoms with Crippen molar-refractivity contribution >= 4 is 34.7 Å². The highest BCUT2D eigenvalue weighted by molar-refractivity contribution is 5.87. The van der Waals surface area contributed by atoms with Crippen LogP contribution in [-0.4, -0.2) is 73.0 Å². The molecule has 0 bridgehead atoms. The SMILES string of the molecule is CC(=O)Nc1cc(Oc2cnc3nc(Nc4cc(C(C)(C)C)n(C[C@H]5CN(C)CCO5)n4)n(C)c3c2)ccn1. The van der Waals surface area contributed by atoms with Crippen LogP contribution in [0.4, 0.5) is 17.6 Å². The molecule has 1 aliphatic heterocycles. The third kappa shape index (κ3) is 6.18. The zero-order valence-electron chi connectivity index (χ0n) is 23.2. The summed E-state index contributed by atoms with van der Waals surface area (Å²) in [4.78, 5) is 26.9. The Labute approximate surface area is 227 Å². The first-order valence-electron chi connectivity index (χ1n) is 12.9. The smallest absolute Gasteiger partial charge is 0.222 e. The summed E-state index contributed by atoms with van der Waals surface area (Å²) in [5.41, 5.74) is 2.39. The van der Waals surface area contributed by atoms with E-state index in [4.69, 9.17) is 14.6 Å². The molecule has 5 heterocycles. The Morgan fingerprint density at radius 2 is 1.97 bits per heavy atom. The van der Waals surface area contributed by atoms with Crippen LogP contribution >= 0.6 is 0 Å². The third-order valence-corrected chi connectivity index (χ3v) is 6.49. The number of aryl methyl sites for hydroxylation is 1. The third-order valence-electron chi connectivity index (χ3n) is 6.49. The first-order valence-corrected chi connectivity index (χ1v) is 12.9. The second-order valence-corrected chi connectivity index (χ2v) is 10.9. The number of amides is 1. The number of likely N-dealkylation sites (N-methyl/N-ethyl adjacent to an activating group) is 1. The van der Waals surface area contributed by atoms with Crippen molar-refractivity contribution in [3.63, 3.8) is 0 Å². The highest BCUT2D eigenvalue weighted by atomic mass is 16.5. The van der Waals surface area contributed by atoms with Gasteiger partial charge in [0.15, 0.2) is 11.5 Å². The number of nitrogens with one attached hydrogen (secondary N) is 2. The number of morpholine rings is 1. The van der Waals surface area contributed by atoms with Crippen LogP contribution in [0.1, 0.15) is 33.4 Å². The maximum absolute atomic E-state index is 11.3. The molecule has 0 unspecified atom stereocenters. The van der Waals surface area contributed by atoms with Gasteiger partial charge in [-0.1, -0.05) is 20.8 Å². The number of anilines is 3. The van der Waals surface area contributed by atoms with Gasteiger partial charge in [-0.25, -0.2) is 9.97 Å². The van der Waals surface area contributed by atoms with Crippen LogP contribution in [0.2, 0.25) is 0 Å². The van der Waals surface area contributed by atoms with Gasteiger partial charge in [0.05, 0.1) is 31.0 Å². The Kier molecular flexibility index (Phi) is 7.23. The van der Waals surface area contributed by atoms with Crippen molar-refractivity contribution in [1.82, 2.24) is 34.2 Å². The second-order valence-electron chi connectivity index (χ2n) is 10.9. The van der Waals surface area contributed by atoms with Gasteiger partial charge in [0.2, 0.25) is 11.9 Å². The molecule has 4 aromatic rings. The summed E-state index contributed by atoms with van der Waals surface area (Å²) in [5.74, 6) is 2.60. The quantitative estimate of drug-likeness (QED) is 0.366. The fourth-order valence-electron chi connectivity index (χ4n) is 4.58. The Morgan fingerprint density at radius 1 is 1.15 bits per heavy atom. The fourth-order valence-corrected chi connectivity index (χ4v) is 4.58. The molecular formula is C27H35N9O3. The summed E-state index contributed by atoms with van der Waals surface area (Å²) in [5, 5.41) is 10.9. The van der Waals surface area contributed by atoms with E-state index in [9.17, 15) is 4.79 Å². The Hall–Kier alpha value is -4.03. The number of hydrogen-bond donors (Lipinski definition) is 2. The summed E-state index contributed by atoms with van der Waals surface area (Å²) in [6, 6.07) is 7.31. The minimum absolute atomic E-state index is 0.0886. The van der Waals surface area contributed by atoms with E-state index in [0.717, 1.165) is 30.9 Å². The molecule has 4 aromatic heterocycles. The number of carbonyl (C=O) groups excluding carboxylic acids is 1. The zero-order chi connectivity index (χ0) is 27.7. The van der Waals surface area contributed by atoms with E-state index in [-0.39, 0.29) is 17.4 Å². The van der Waals surface area contributed by atoms with Crippen LogP contribution in [0.25, 0.3) is 11.2 Å². The zero-order valence-corrected chi connectivity index (χ0v) is 23.2. The van der Waals surface area contributed by atoms with E-state index < -0.39 is 0 Å². The van der Waals surface area contributed by atoms with E-state index in [0.29, 0.717) is 41.3 Å². The number of nitrogens with zero attached hydrogens (tertiary/aromatic N) is 7. The minimum atomic E-state index is -0.202. The Morgan fingerprint density at radius 3 is 2.72 bits per heavy atom. The molecule has 1 aliphatic rings. The molecule has 12 heteroatoms. The highest BCUT2D eigenvalue weighted by Gasteiger charge is 2.25. The number of ether oxygens (including phenoxy) is 2. The number of rotatable bonds is 7. The molecule has 5 rings (SSSR count). The largest absolute Gasteiger partial charge is 0.455 e. The number of fused-ring (bicyclic) bond motifs is 1. The predicted molar refractivity (Wildman–Crippen MR) is 149 cm³/mol. The lowest BCUT2D eigenvalue weighted by Gasteiger charge is -2.31. The number of imidazole rings is 1. The van der Waals surface area contributed by atoms with Gasteiger partial charge < -0.3 is 29.6 Å². The summed E-state index contributed by atoms with van der Waals surface area (Å²) in [6.07, 6.45) is 3.28. The summed E-state index contributed by atoms with van der Waals surface area (Å²) in [7, 11) is 4.03. The maximum Gasteiger partial charge on any atom is 0.222 e. The van der Waals surface area contributed by atoms with Crippen molar-refractivity contribution in [3.05, 3.63) is 42.4 Å². The van der Waals surface area contributed by atoms with Crippen LogP contribution in [0.5, 0.6) is 11.5 Å². The number of aromatic nitrogens is 6. The molecule has 0 aromatic carbocycles. The number of hydrogen-bond acceptors (Lipinski definition) is 9. The second kappa shape index (κ2) is 10.6. The lowest BCUT2D eigenvalue weighted by atomic mass is 9.92. The average Bonchev–Trinajstić information content (AvgIpc) is 3.40. The maximum atomic E-state index is 11.3. The fraction of sp³-hybridized carbons (Fsp3) is 0.444. The molecule has 206 valence electrons. The van der Waals surface area contributed by atoms with Crippen molar-refractivity contribution in [2.45, 2.75) is 45.8 Å². The average molecular weight is 534 g/mol. The van der Waals surface area contributed by atoms with Crippen molar-refractivity contribution in [2.75, 3.05) is 37.4 Å². The van der Waals surface area contributed by atoms with Crippen LogP contribution in [0, 0.1) is 0 Å². The molecule has 0 saturated carbocycles. The van der Waals surface area contributed by atoms with Gasteiger partial charge in [-0.05, 0) is 13.1 Å². The van der Waals surface area contributed by atoms with Gasteiger partial charge in [-0.3, -0.25) is 9.48 Å². The molecule has 1 saturated heterocycles. The Balaban J connectivity index is 1.37. The molecule has 1 atom stereocenters. The molecule has 39 heavy (non-hydrogen) atoms. The van der Waals surface area contributed by atoms with Crippen LogP contribution in [-0.2, 0) is 28.5 Å². The molecule has 0 radical (unpaired) electrons. The first kappa shape index (κ1) is 26.6. The van der Waals surface area contributed by atoms with Crippen molar-refractivity contribution < 1.29 is 14.3 Å². The molecule has 2 N–H and O–H groups in total. The highest BCUT2D eigenvalue weighted by Crippen LogP contribution is 2.29. The van der Waals surface area contributed by atoms with Crippen molar-refractivity contribution in [3.8, 4) is 11.5 Å². The van der Waals surface area contributed by atoms with Gasteiger partial charge in [0.1, 0.15) is 17.3 Å². The van der Waals surface area contributed by atoms with E-state index in [1.165, 1.54) is 6.92 Å². The van der Waals surface area contributed by atoms with E-state index in [1.54, 1.807) is 24.5 Å². The standard InChI is InChI=1S/C27H35N9O3/c1-17(37)30-23-12-18(7-8-28-23)39-19-11-21-25(29-14-19)32-26(35(21)6)31-24-13-22(27(2,3)4)36(33-24)16-20-15-34(5)9-10-38-20/h7-8,11-14,20H,9-10,15-16H2,1-6H3,(H,28,30,37)(H,29,31,32,33)/t20-/m1/s1. The molecular weight excluding hydrogens is 498 g/mol. The predicted octanol–water partition coefficient (Wildman–Crippen LogP) is 3.68. The summed E-state index contributed by atoms with van der Waals surface area (Å²) >= 11 is 0. The van der Waals surface area contributed by atoms with E-state index in [2.05, 4.69) is 64.4 Å². The minimum Gasteiger partial charge on any atom is -0.455 e. The monoisotopic (exact) mass is 533 g/mol. The van der Waals surface area contributed by atoms with Crippen molar-refractivity contribution in [2.24, 2.45) is 7.05 Å². The Bertz CT molecular complexity index is 1490. The van der Waals surface area contributed by atoms with Gasteiger partial charge >= 0.3 is 0 Å². The normalized spacial score (nSPS) is 16.4. The van der Waals surface area contributed by atoms with Crippen LogP contribution in [0.3, 0.4) is 0 Å². The molecule has 1 amide bonds. The molecule has 12 nitrogen and oxygen atoms in total. The molecule has 0 aliphatic carbocycles.